The van der Waals surface area contributed by atoms with Gasteiger partial charge in [0.15, 0.2) is 6.10 Å². The van der Waals surface area contributed by atoms with Crippen LogP contribution in [0.15, 0.2) is 48.5 Å². The second-order valence-corrected chi connectivity index (χ2v) is 9.16. The van der Waals surface area contributed by atoms with E-state index in [2.05, 4.69) is 29.6 Å². The van der Waals surface area contributed by atoms with Crippen molar-refractivity contribution in [3.63, 3.8) is 0 Å². The predicted molar refractivity (Wildman–Crippen MR) is 130 cm³/mol. The Morgan fingerprint density at radius 3 is 2.37 bits per heavy atom. The fourth-order valence-electron chi connectivity index (χ4n) is 5.13. The van der Waals surface area contributed by atoms with Gasteiger partial charge in [0.05, 0.1) is 6.54 Å². The maximum atomic E-state index is 13.0. The molecule has 0 aromatic heterocycles. The van der Waals surface area contributed by atoms with Gasteiger partial charge in [-0.3, -0.25) is 9.59 Å². The van der Waals surface area contributed by atoms with Gasteiger partial charge in [-0.1, -0.05) is 48.5 Å². The molecule has 1 aliphatic heterocycles. The Balaban J connectivity index is 1.29. The highest BCUT2D eigenvalue weighted by Crippen LogP contribution is 2.44. The Morgan fingerprint density at radius 2 is 1.74 bits per heavy atom. The number of carbonyl (C=O) groups is 3. The molecule has 0 bridgehead atoms. The molecule has 35 heavy (non-hydrogen) atoms. The van der Waals surface area contributed by atoms with E-state index in [4.69, 9.17) is 14.6 Å². The number of methoxy groups -OCH3 is 1. The molecule has 0 radical (unpaired) electrons. The maximum Gasteiger partial charge on any atom is 0.407 e. The van der Waals surface area contributed by atoms with Crippen LogP contribution < -0.4 is 5.32 Å². The Labute approximate surface area is 205 Å². The summed E-state index contributed by atoms with van der Waals surface area (Å²) in [7, 11) is 1.44. The number of hydrogen-bond donors (Lipinski definition) is 2. The van der Waals surface area contributed by atoms with Crippen LogP contribution >= 0.6 is 0 Å². The molecular formula is C27H32N2O6. The van der Waals surface area contributed by atoms with Crippen LogP contribution in [0.1, 0.15) is 42.7 Å². The van der Waals surface area contributed by atoms with Crippen LogP contribution in [-0.2, 0) is 19.1 Å². The summed E-state index contributed by atoms with van der Waals surface area (Å²) in [5.41, 5.74) is 4.58. The summed E-state index contributed by atoms with van der Waals surface area (Å²) in [5, 5.41) is 11.6. The van der Waals surface area contributed by atoms with Crippen molar-refractivity contribution in [3.8, 4) is 11.1 Å². The summed E-state index contributed by atoms with van der Waals surface area (Å²) >= 11 is 0. The van der Waals surface area contributed by atoms with Crippen molar-refractivity contribution in [2.75, 3.05) is 33.4 Å². The second-order valence-electron chi connectivity index (χ2n) is 9.16. The van der Waals surface area contributed by atoms with E-state index in [1.807, 2.05) is 24.3 Å². The van der Waals surface area contributed by atoms with E-state index in [0.29, 0.717) is 19.5 Å². The number of carbonyl (C=O) groups excluding carboxylic acids is 2. The molecule has 2 atom stereocenters. The van der Waals surface area contributed by atoms with Gasteiger partial charge in [0.1, 0.15) is 6.61 Å². The van der Waals surface area contributed by atoms with Gasteiger partial charge in [0, 0.05) is 32.5 Å². The molecule has 186 valence electrons. The molecule has 2 aromatic rings. The Hall–Kier alpha value is -3.39. The zero-order chi connectivity index (χ0) is 24.8. The number of benzene rings is 2. The highest BCUT2D eigenvalue weighted by molar-refractivity contribution is 5.82. The first-order valence-electron chi connectivity index (χ1n) is 12.1. The predicted octanol–water partition coefficient (Wildman–Crippen LogP) is 3.64. The van der Waals surface area contributed by atoms with E-state index < -0.39 is 18.2 Å². The third-order valence-corrected chi connectivity index (χ3v) is 6.93. The van der Waals surface area contributed by atoms with E-state index in [9.17, 15) is 14.4 Å². The number of ether oxygens (including phenoxy) is 2. The lowest BCUT2D eigenvalue weighted by Gasteiger charge is -2.34. The average molecular weight is 481 g/mol. The average Bonchev–Trinajstić information content (AvgIpc) is 3.20. The Morgan fingerprint density at radius 1 is 1.09 bits per heavy atom. The summed E-state index contributed by atoms with van der Waals surface area (Å²) in [6.45, 7) is 1.31. The van der Waals surface area contributed by atoms with Crippen LogP contribution in [0.25, 0.3) is 11.1 Å². The van der Waals surface area contributed by atoms with Gasteiger partial charge >= 0.3 is 12.1 Å². The summed E-state index contributed by atoms with van der Waals surface area (Å²) in [6, 6.07) is 16.3. The monoisotopic (exact) mass is 480 g/mol. The lowest BCUT2D eigenvalue weighted by Crippen LogP contribution is -2.49. The van der Waals surface area contributed by atoms with E-state index >= 15 is 0 Å². The topological polar surface area (TPSA) is 105 Å². The fourth-order valence-corrected chi connectivity index (χ4v) is 5.13. The smallest absolute Gasteiger partial charge is 0.407 e. The molecule has 1 saturated heterocycles. The molecule has 2 aliphatic rings. The first-order valence-corrected chi connectivity index (χ1v) is 12.1. The van der Waals surface area contributed by atoms with Crippen LogP contribution in [0, 0.1) is 5.92 Å². The highest BCUT2D eigenvalue weighted by Gasteiger charge is 2.31. The number of alkyl carbamates (subject to hydrolysis) is 1. The number of piperidine rings is 1. The number of aliphatic carboxylic acids is 1. The van der Waals surface area contributed by atoms with Crippen molar-refractivity contribution in [1.82, 2.24) is 10.2 Å². The minimum absolute atomic E-state index is 0.00228. The molecule has 2 amide bonds. The molecule has 2 N–H and O–H groups in total. The first-order chi connectivity index (χ1) is 17.0. The molecule has 1 fully saturated rings. The van der Waals surface area contributed by atoms with Gasteiger partial charge < -0.3 is 24.8 Å². The SMILES string of the molecule is COC(CNC(=O)OCC1c2ccccc2-c2ccccc21)C(=O)N1CCCC(CCC(=O)O)C1. The maximum absolute atomic E-state index is 13.0. The van der Waals surface area contributed by atoms with Crippen LogP contribution in [-0.4, -0.2) is 67.4 Å². The molecule has 4 rings (SSSR count). The van der Waals surface area contributed by atoms with E-state index in [1.165, 1.54) is 7.11 Å². The van der Waals surface area contributed by atoms with Crippen molar-refractivity contribution >= 4 is 18.0 Å². The fraction of sp³-hybridized carbons (Fsp3) is 0.444. The van der Waals surface area contributed by atoms with Gasteiger partial charge in [-0.2, -0.15) is 0 Å². The molecule has 0 saturated carbocycles. The number of likely N-dealkylation sites (tertiary alicyclic amines) is 1. The van der Waals surface area contributed by atoms with Crippen molar-refractivity contribution in [2.24, 2.45) is 5.92 Å². The second kappa shape index (κ2) is 11.4. The number of hydrogen-bond acceptors (Lipinski definition) is 5. The number of nitrogens with zero attached hydrogens (tertiary/aromatic N) is 1. The number of carboxylic acids is 1. The Bertz CT molecular complexity index is 1030. The van der Waals surface area contributed by atoms with Crippen molar-refractivity contribution in [1.29, 1.82) is 0 Å². The van der Waals surface area contributed by atoms with Crippen LogP contribution in [0.3, 0.4) is 0 Å². The Kier molecular flexibility index (Phi) is 8.02. The number of amides is 2. The molecule has 2 unspecified atom stereocenters. The van der Waals surface area contributed by atoms with Gasteiger partial charge in [0.2, 0.25) is 0 Å². The molecule has 8 nitrogen and oxygen atoms in total. The molecular weight excluding hydrogens is 448 g/mol. The zero-order valence-electron chi connectivity index (χ0n) is 19.9. The summed E-state index contributed by atoms with van der Waals surface area (Å²) in [4.78, 5) is 38.0. The number of rotatable bonds is 9. The van der Waals surface area contributed by atoms with E-state index in [0.717, 1.165) is 35.1 Å². The number of nitrogens with one attached hydrogen (secondary N) is 1. The van der Waals surface area contributed by atoms with Crippen LogP contribution in [0.5, 0.6) is 0 Å². The molecule has 0 spiro atoms. The largest absolute Gasteiger partial charge is 0.481 e. The van der Waals surface area contributed by atoms with Gasteiger partial charge in [0.25, 0.3) is 5.91 Å². The highest BCUT2D eigenvalue weighted by atomic mass is 16.5. The molecule has 8 heteroatoms. The van der Waals surface area contributed by atoms with Gasteiger partial charge in [-0.25, -0.2) is 4.79 Å². The minimum atomic E-state index is -0.825. The minimum Gasteiger partial charge on any atom is -0.481 e. The molecule has 1 aliphatic carbocycles. The first kappa shape index (κ1) is 24.7. The standard InChI is InChI=1S/C27H32N2O6/c1-34-24(26(32)29-14-6-7-18(16-29)12-13-25(30)31)15-28-27(33)35-17-23-21-10-4-2-8-19(21)20-9-3-5-11-22(20)23/h2-5,8-11,18,23-24H,6-7,12-17H2,1H3,(H,28,33)(H,30,31). The third-order valence-electron chi connectivity index (χ3n) is 6.93. The van der Waals surface area contributed by atoms with Crippen LogP contribution in [0.2, 0.25) is 0 Å². The number of fused-ring (bicyclic) bond motifs is 3. The lowest BCUT2D eigenvalue weighted by molar-refractivity contribution is -0.143. The van der Waals surface area contributed by atoms with Crippen molar-refractivity contribution in [2.45, 2.75) is 37.7 Å². The van der Waals surface area contributed by atoms with E-state index in [1.54, 1.807) is 4.90 Å². The molecule has 2 aromatic carbocycles. The summed E-state index contributed by atoms with van der Waals surface area (Å²) in [5.74, 6) is -0.900. The summed E-state index contributed by atoms with van der Waals surface area (Å²) < 4.78 is 10.9. The zero-order valence-corrected chi connectivity index (χ0v) is 19.9. The normalized spacial score (nSPS) is 17.9. The summed E-state index contributed by atoms with van der Waals surface area (Å²) in [6.07, 6.45) is 0.964. The van der Waals surface area contributed by atoms with E-state index in [-0.39, 0.29) is 37.3 Å². The van der Waals surface area contributed by atoms with Crippen LogP contribution in [0.4, 0.5) is 4.79 Å². The quantitative estimate of drug-likeness (QED) is 0.568. The lowest BCUT2D eigenvalue weighted by atomic mass is 9.93. The molecule has 1 heterocycles. The van der Waals surface area contributed by atoms with Gasteiger partial charge in [-0.05, 0) is 47.4 Å². The third kappa shape index (κ3) is 5.82. The van der Waals surface area contributed by atoms with Crippen molar-refractivity contribution < 1.29 is 29.0 Å². The van der Waals surface area contributed by atoms with Gasteiger partial charge in [-0.15, -0.1) is 0 Å². The van der Waals surface area contributed by atoms with Crippen molar-refractivity contribution in [3.05, 3.63) is 59.7 Å². The number of carboxylic acid groups (broad SMARTS) is 1.